The van der Waals surface area contributed by atoms with Gasteiger partial charge in [0.15, 0.2) is 5.67 Å². The summed E-state index contributed by atoms with van der Waals surface area (Å²) in [4.78, 5) is 11.1. The highest BCUT2D eigenvalue weighted by molar-refractivity contribution is 5.83. The maximum atomic E-state index is 14.1. The van der Waals surface area contributed by atoms with Crippen molar-refractivity contribution in [1.82, 2.24) is 0 Å². The van der Waals surface area contributed by atoms with Crippen molar-refractivity contribution in [3.8, 4) is 0 Å². The number of nitrogens with two attached hydrogens (primary N) is 1. The van der Waals surface area contributed by atoms with Crippen molar-refractivity contribution in [1.29, 1.82) is 0 Å². The molecule has 2 nitrogen and oxygen atoms in total. The molecule has 0 bridgehead atoms. The van der Waals surface area contributed by atoms with Crippen LogP contribution in [-0.4, -0.2) is 11.6 Å². The minimum absolute atomic E-state index is 0.168. The third kappa shape index (κ3) is 8.17. The Bertz CT molecular complexity index is 216. The average molecular weight is 247 g/mol. The van der Waals surface area contributed by atoms with Crippen LogP contribution in [0.1, 0.15) is 73.6 Å². The van der Waals surface area contributed by atoms with Gasteiger partial charge in [0.1, 0.15) is 0 Å². The van der Waals surface area contributed by atoms with E-state index in [0.29, 0.717) is 6.42 Å². The Kier molecular flexibility index (Phi) is 9.36. The summed E-state index contributed by atoms with van der Waals surface area (Å²) in [7, 11) is 0. The lowest BCUT2D eigenvalue weighted by Gasteiger charge is -2.31. The molecule has 1 amide bonds. The molecule has 0 aromatic rings. The van der Waals surface area contributed by atoms with Gasteiger partial charge in [-0.05, 0) is 18.3 Å². The molecular weight excluding hydrogens is 217 g/mol. The molecule has 0 heterocycles. The van der Waals surface area contributed by atoms with Crippen LogP contribution in [-0.2, 0) is 4.79 Å². The van der Waals surface area contributed by atoms with Gasteiger partial charge in [-0.3, -0.25) is 4.79 Å². The second-order valence-corrected chi connectivity index (χ2v) is 5.48. The van der Waals surface area contributed by atoms with Gasteiger partial charge in [0, 0.05) is 0 Å². The lowest BCUT2D eigenvalue weighted by molar-refractivity contribution is -0.132. The Hall–Kier alpha value is -0.600. The third-order valence-electron chi connectivity index (χ3n) is 2.80. The molecule has 0 unspecified atom stereocenters. The molecule has 0 radical (unpaired) electrons. The Morgan fingerprint density at radius 1 is 1.18 bits per heavy atom. The molecule has 0 aliphatic heterocycles. The highest BCUT2D eigenvalue weighted by atomic mass is 19.1. The van der Waals surface area contributed by atoms with Crippen LogP contribution >= 0.6 is 0 Å². The van der Waals surface area contributed by atoms with Gasteiger partial charge in [0.05, 0.1) is 0 Å². The molecule has 0 aliphatic carbocycles. The fourth-order valence-electron chi connectivity index (χ4n) is 1.58. The first-order valence-corrected chi connectivity index (χ1v) is 6.67. The Balaban J connectivity index is 0. The monoisotopic (exact) mass is 247 g/mol. The fourth-order valence-corrected chi connectivity index (χ4v) is 1.58. The number of rotatable bonds is 6. The van der Waals surface area contributed by atoms with E-state index in [-0.39, 0.29) is 18.3 Å². The summed E-state index contributed by atoms with van der Waals surface area (Å²) in [6, 6.07) is 0. The molecule has 0 aromatic heterocycles. The van der Waals surface area contributed by atoms with E-state index in [4.69, 9.17) is 5.73 Å². The van der Waals surface area contributed by atoms with E-state index in [1.54, 1.807) is 0 Å². The van der Waals surface area contributed by atoms with E-state index >= 15 is 0 Å². The van der Waals surface area contributed by atoms with Crippen molar-refractivity contribution >= 4 is 5.91 Å². The number of hydrogen-bond donors (Lipinski definition) is 1. The molecule has 0 aliphatic rings. The topological polar surface area (TPSA) is 43.1 Å². The highest BCUT2D eigenvalue weighted by Gasteiger charge is 2.40. The summed E-state index contributed by atoms with van der Waals surface area (Å²) in [6.45, 7) is 12.0. The molecule has 3 heteroatoms. The molecule has 1 atom stereocenters. The predicted molar refractivity (Wildman–Crippen MR) is 72.6 cm³/mol. The lowest BCUT2D eigenvalue weighted by atomic mass is 9.77. The van der Waals surface area contributed by atoms with E-state index in [1.165, 1.54) is 6.42 Å². The van der Waals surface area contributed by atoms with Gasteiger partial charge < -0.3 is 5.73 Å². The number of halogens is 1. The quantitative estimate of drug-likeness (QED) is 0.750. The number of carbonyl (C=O) groups excluding carboxylic acids is 1. The van der Waals surface area contributed by atoms with Gasteiger partial charge in [0.2, 0.25) is 0 Å². The van der Waals surface area contributed by atoms with Gasteiger partial charge in [0.25, 0.3) is 5.91 Å². The zero-order valence-electron chi connectivity index (χ0n) is 12.4. The first kappa shape index (κ1) is 18.8. The number of carbonyl (C=O) groups is 1. The van der Waals surface area contributed by atoms with E-state index in [9.17, 15) is 9.18 Å². The molecule has 17 heavy (non-hydrogen) atoms. The van der Waals surface area contributed by atoms with Crippen LogP contribution in [0.2, 0.25) is 0 Å². The van der Waals surface area contributed by atoms with Crippen LogP contribution < -0.4 is 5.73 Å². The fraction of sp³-hybridized carbons (Fsp3) is 0.929. The maximum absolute atomic E-state index is 14.1. The molecule has 0 saturated heterocycles. The van der Waals surface area contributed by atoms with Gasteiger partial charge >= 0.3 is 0 Å². The summed E-state index contributed by atoms with van der Waals surface area (Å²) in [5, 5.41) is 0. The Labute approximate surface area is 106 Å². The van der Waals surface area contributed by atoms with Gasteiger partial charge in [-0.15, -0.1) is 0 Å². The molecule has 0 fully saturated rings. The minimum Gasteiger partial charge on any atom is -0.367 e. The molecule has 104 valence electrons. The molecule has 0 rings (SSSR count). The zero-order valence-corrected chi connectivity index (χ0v) is 12.4. The largest absolute Gasteiger partial charge is 0.367 e. The molecular formula is C14H30FNO. The van der Waals surface area contributed by atoms with Crippen molar-refractivity contribution in [2.75, 3.05) is 0 Å². The lowest BCUT2D eigenvalue weighted by Crippen LogP contribution is -2.43. The number of primary amides is 1. The Morgan fingerprint density at radius 2 is 1.59 bits per heavy atom. The van der Waals surface area contributed by atoms with Crippen molar-refractivity contribution in [2.45, 2.75) is 79.3 Å². The van der Waals surface area contributed by atoms with E-state index < -0.39 is 11.6 Å². The van der Waals surface area contributed by atoms with Crippen LogP contribution in [0.3, 0.4) is 0 Å². The second-order valence-electron chi connectivity index (χ2n) is 5.48. The highest BCUT2D eigenvalue weighted by Crippen LogP contribution is 2.35. The van der Waals surface area contributed by atoms with Gasteiger partial charge in [-0.25, -0.2) is 4.39 Å². The first-order chi connectivity index (χ1) is 7.69. The molecule has 0 spiro atoms. The summed E-state index contributed by atoms with van der Waals surface area (Å²) in [6.07, 6.45) is 3.18. The summed E-state index contributed by atoms with van der Waals surface area (Å²) in [5.41, 5.74) is 3.11. The second kappa shape index (κ2) is 8.48. The molecule has 0 aromatic carbocycles. The van der Waals surface area contributed by atoms with Crippen LogP contribution in [0.25, 0.3) is 0 Å². The smallest absolute Gasteiger partial charge is 0.255 e. The number of hydrogen-bond acceptors (Lipinski definition) is 1. The van der Waals surface area contributed by atoms with E-state index in [0.717, 1.165) is 6.42 Å². The van der Waals surface area contributed by atoms with Crippen molar-refractivity contribution in [3.05, 3.63) is 0 Å². The Morgan fingerprint density at radius 3 is 1.82 bits per heavy atom. The predicted octanol–water partition coefficient (Wildman–Crippen LogP) is 4.22. The van der Waals surface area contributed by atoms with Crippen LogP contribution in [0, 0.1) is 5.41 Å². The maximum Gasteiger partial charge on any atom is 0.255 e. The summed E-state index contributed by atoms with van der Waals surface area (Å²) in [5.74, 6) is -0.819. The SMILES string of the molecule is CCC.CCC[C@@](F)(CC(C)(C)CC)C(N)=O. The van der Waals surface area contributed by atoms with E-state index in [2.05, 4.69) is 13.8 Å². The molecule has 0 saturated carbocycles. The summed E-state index contributed by atoms with van der Waals surface area (Å²) < 4.78 is 14.1. The van der Waals surface area contributed by atoms with Crippen molar-refractivity contribution in [2.24, 2.45) is 11.1 Å². The van der Waals surface area contributed by atoms with Gasteiger partial charge in [-0.1, -0.05) is 60.8 Å². The number of amides is 1. The average Bonchev–Trinajstić information content (AvgIpc) is 2.18. The minimum atomic E-state index is -1.83. The standard InChI is InChI=1S/C11H22FNO.C3H8/c1-5-7-11(12,9(13)14)8-10(3,4)6-2;1-3-2/h5-8H2,1-4H3,(H2,13,14);3H2,1-2H3/t11-;/m1./s1. The normalized spacial score (nSPS) is 14.5. The van der Waals surface area contributed by atoms with E-state index in [1.807, 2.05) is 27.7 Å². The van der Waals surface area contributed by atoms with Crippen LogP contribution in [0.15, 0.2) is 0 Å². The first-order valence-electron chi connectivity index (χ1n) is 6.67. The van der Waals surface area contributed by atoms with Crippen LogP contribution in [0.5, 0.6) is 0 Å². The van der Waals surface area contributed by atoms with Gasteiger partial charge in [-0.2, -0.15) is 0 Å². The van der Waals surface area contributed by atoms with Crippen molar-refractivity contribution in [3.63, 3.8) is 0 Å². The zero-order chi connectivity index (χ0) is 14.1. The number of alkyl halides is 1. The molecule has 2 N–H and O–H groups in total. The van der Waals surface area contributed by atoms with Crippen LogP contribution in [0.4, 0.5) is 4.39 Å². The summed E-state index contributed by atoms with van der Waals surface area (Å²) >= 11 is 0. The third-order valence-corrected chi connectivity index (χ3v) is 2.80. The van der Waals surface area contributed by atoms with Crippen molar-refractivity contribution < 1.29 is 9.18 Å².